The molecule has 1 aromatic carbocycles. The molecule has 2 bridgehead atoms. The number of nitrogens with zero attached hydrogens (tertiary/aromatic N) is 1. The number of aryl methyl sites for hydroxylation is 2. The molecule has 1 spiro atoms. The number of amides is 3. The molecule has 6 unspecified atom stereocenters. The summed E-state index contributed by atoms with van der Waals surface area (Å²) in [6.07, 6.45) is 6.97. The Labute approximate surface area is 231 Å². The van der Waals surface area contributed by atoms with Crippen molar-refractivity contribution in [3.05, 3.63) is 41.5 Å². The fourth-order valence-corrected chi connectivity index (χ4v) is 7.08. The van der Waals surface area contributed by atoms with E-state index in [9.17, 15) is 14.4 Å². The van der Waals surface area contributed by atoms with Gasteiger partial charge in [0.2, 0.25) is 17.7 Å². The third kappa shape index (κ3) is 4.91. The lowest BCUT2D eigenvalue weighted by Crippen LogP contribution is -2.58. The summed E-state index contributed by atoms with van der Waals surface area (Å²) in [6, 6.07) is 5.02. The Kier molecular flexibility index (Phi) is 7.89. The second kappa shape index (κ2) is 11.0. The first-order chi connectivity index (χ1) is 18.7. The van der Waals surface area contributed by atoms with Crippen LogP contribution in [0.4, 0.5) is 5.69 Å². The van der Waals surface area contributed by atoms with Gasteiger partial charge in [-0.15, -0.1) is 0 Å². The Morgan fingerprint density at radius 2 is 1.95 bits per heavy atom. The number of hydrogen-bond acceptors (Lipinski definition) is 5. The highest BCUT2D eigenvalue weighted by Gasteiger charge is 2.72. The quantitative estimate of drug-likeness (QED) is 0.369. The Morgan fingerprint density at radius 3 is 2.69 bits per heavy atom. The zero-order chi connectivity index (χ0) is 27.9. The van der Waals surface area contributed by atoms with Crippen molar-refractivity contribution < 1.29 is 23.9 Å². The highest BCUT2D eigenvalue weighted by molar-refractivity contribution is 6.02. The van der Waals surface area contributed by atoms with Crippen LogP contribution in [0.3, 0.4) is 0 Å². The van der Waals surface area contributed by atoms with Crippen LogP contribution in [-0.2, 0) is 23.9 Å². The first kappa shape index (κ1) is 27.8. The van der Waals surface area contributed by atoms with Crippen LogP contribution in [0.25, 0.3) is 0 Å². The topological polar surface area (TPSA) is 97.0 Å². The molecule has 8 heteroatoms. The Hall–Kier alpha value is -2.71. The number of anilines is 1. The lowest BCUT2D eigenvalue weighted by atomic mass is 9.73. The van der Waals surface area contributed by atoms with Crippen LogP contribution in [-0.4, -0.2) is 66.2 Å². The van der Waals surface area contributed by atoms with Crippen LogP contribution in [0.1, 0.15) is 57.6 Å². The molecular weight excluding hydrogens is 494 g/mol. The van der Waals surface area contributed by atoms with E-state index in [-0.39, 0.29) is 23.8 Å². The molecule has 1 saturated carbocycles. The van der Waals surface area contributed by atoms with E-state index in [1.54, 1.807) is 4.90 Å². The minimum atomic E-state index is -1.15. The molecule has 0 radical (unpaired) electrons. The fraction of sp³-hybridized carbons (Fsp3) is 0.645. The Bertz CT molecular complexity index is 1150. The van der Waals surface area contributed by atoms with Crippen LogP contribution in [0.15, 0.2) is 30.4 Å². The van der Waals surface area contributed by atoms with Gasteiger partial charge in [-0.05, 0) is 68.7 Å². The normalized spacial score (nSPS) is 34.8. The molecule has 39 heavy (non-hydrogen) atoms. The van der Waals surface area contributed by atoms with Gasteiger partial charge in [0.1, 0.15) is 11.6 Å². The predicted octanol–water partition coefficient (Wildman–Crippen LogP) is 3.76. The van der Waals surface area contributed by atoms with Gasteiger partial charge >= 0.3 is 0 Å². The van der Waals surface area contributed by atoms with E-state index < -0.39 is 29.6 Å². The van der Waals surface area contributed by atoms with Crippen molar-refractivity contribution in [3.8, 4) is 0 Å². The highest BCUT2D eigenvalue weighted by Crippen LogP contribution is 2.55. The summed E-state index contributed by atoms with van der Waals surface area (Å²) in [5, 5.41) is 6.32. The van der Waals surface area contributed by atoms with Crippen molar-refractivity contribution in [1.29, 1.82) is 0 Å². The lowest BCUT2D eigenvalue weighted by molar-refractivity contribution is -0.141. The molecule has 3 amide bonds. The van der Waals surface area contributed by atoms with E-state index >= 15 is 0 Å². The van der Waals surface area contributed by atoms with Gasteiger partial charge in [-0.1, -0.05) is 44.9 Å². The summed E-state index contributed by atoms with van der Waals surface area (Å²) in [6.45, 7) is 11.9. The maximum Gasteiger partial charge on any atom is 0.246 e. The number of nitrogens with one attached hydrogen (secondary N) is 2. The maximum absolute atomic E-state index is 14.0. The van der Waals surface area contributed by atoms with Gasteiger partial charge in [-0.25, -0.2) is 0 Å². The lowest BCUT2D eigenvalue weighted by Gasteiger charge is -2.38. The minimum absolute atomic E-state index is 0.0588. The molecule has 3 fully saturated rings. The second-order valence-electron chi connectivity index (χ2n) is 12.0. The smallest absolute Gasteiger partial charge is 0.246 e. The molecule has 3 heterocycles. The first-order valence-corrected chi connectivity index (χ1v) is 14.6. The molecule has 8 atom stereocenters. The molecule has 212 valence electrons. The van der Waals surface area contributed by atoms with Crippen molar-refractivity contribution in [3.63, 3.8) is 0 Å². The zero-order valence-corrected chi connectivity index (χ0v) is 23.9. The SMILES string of the molecule is CCOCCCN1C(=O)[C@@H]2C(C(=O)Nc3ccc(C)c(C)c3)[C@@H]3C=CC2(O3)C1C(=O)NC1CCCC(C)C1C. The molecule has 3 aliphatic heterocycles. The van der Waals surface area contributed by atoms with Gasteiger partial charge in [0.05, 0.1) is 17.9 Å². The van der Waals surface area contributed by atoms with Crippen LogP contribution in [0.5, 0.6) is 0 Å². The van der Waals surface area contributed by atoms with E-state index in [4.69, 9.17) is 9.47 Å². The van der Waals surface area contributed by atoms with Crippen LogP contribution in [0, 0.1) is 37.5 Å². The zero-order valence-electron chi connectivity index (χ0n) is 23.9. The monoisotopic (exact) mass is 537 g/mol. The average molecular weight is 538 g/mol. The summed E-state index contributed by atoms with van der Waals surface area (Å²) >= 11 is 0. The van der Waals surface area contributed by atoms with Crippen molar-refractivity contribution >= 4 is 23.4 Å². The predicted molar refractivity (Wildman–Crippen MR) is 149 cm³/mol. The highest BCUT2D eigenvalue weighted by atomic mass is 16.5. The van der Waals surface area contributed by atoms with E-state index in [2.05, 4.69) is 24.5 Å². The molecule has 8 nitrogen and oxygen atoms in total. The largest absolute Gasteiger partial charge is 0.382 e. The molecule has 4 aliphatic rings. The summed E-state index contributed by atoms with van der Waals surface area (Å²) in [5.74, 6) is -1.20. The maximum atomic E-state index is 14.0. The molecule has 2 saturated heterocycles. The second-order valence-corrected chi connectivity index (χ2v) is 12.0. The van der Waals surface area contributed by atoms with Crippen LogP contribution in [0.2, 0.25) is 0 Å². The number of rotatable bonds is 9. The number of ether oxygens (including phenoxy) is 2. The fourth-order valence-electron chi connectivity index (χ4n) is 7.08. The van der Waals surface area contributed by atoms with Crippen LogP contribution < -0.4 is 10.6 Å². The minimum Gasteiger partial charge on any atom is -0.382 e. The molecule has 0 aromatic heterocycles. The van der Waals surface area contributed by atoms with Crippen molar-refractivity contribution in [2.24, 2.45) is 23.7 Å². The standard InChI is InChI=1S/C31H43N3O5/c1-6-38-16-8-15-34-27(29(36)33-23-10-7-9-19(3)21(23)5)31-14-13-24(39-31)25(26(31)30(34)37)28(35)32-22-12-11-18(2)20(4)17-22/h11-14,17,19,21,23-27H,6-10,15-16H2,1-5H3,(H,32,35)(H,33,36)/t19?,21?,23?,24-,25?,26-,27?,31?/m0/s1. The van der Waals surface area contributed by atoms with Gasteiger partial charge in [-0.3, -0.25) is 14.4 Å². The van der Waals surface area contributed by atoms with E-state index in [0.717, 1.165) is 30.4 Å². The van der Waals surface area contributed by atoms with Crippen molar-refractivity contribution in [2.45, 2.75) is 84.1 Å². The van der Waals surface area contributed by atoms with Gasteiger partial charge in [0.15, 0.2) is 0 Å². The number of fused-ring (bicyclic) bond motifs is 1. The number of hydrogen-bond donors (Lipinski definition) is 2. The third-order valence-corrected chi connectivity index (χ3v) is 9.63. The van der Waals surface area contributed by atoms with Crippen LogP contribution >= 0.6 is 0 Å². The van der Waals surface area contributed by atoms with Crippen molar-refractivity contribution in [2.75, 3.05) is 25.1 Å². The van der Waals surface area contributed by atoms with Gasteiger partial charge in [0, 0.05) is 31.5 Å². The molecular formula is C31H43N3O5. The summed E-state index contributed by atoms with van der Waals surface area (Å²) in [4.78, 5) is 43.4. The number of carbonyl (C=O) groups excluding carboxylic acids is 3. The van der Waals surface area contributed by atoms with Gasteiger partial charge in [-0.2, -0.15) is 0 Å². The van der Waals surface area contributed by atoms with E-state index in [0.29, 0.717) is 43.7 Å². The summed E-state index contributed by atoms with van der Waals surface area (Å²) in [5.41, 5.74) is 1.76. The van der Waals surface area contributed by atoms with Gasteiger partial charge < -0.3 is 25.0 Å². The van der Waals surface area contributed by atoms with E-state index in [1.165, 1.54) is 0 Å². The molecule has 1 aromatic rings. The summed E-state index contributed by atoms with van der Waals surface area (Å²) in [7, 11) is 0. The third-order valence-electron chi connectivity index (χ3n) is 9.63. The van der Waals surface area contributed by atoms with E-state index in [1.807, 2.05) is 51.1 Å². The summed E-state index contributed by atoms with van der Waals surface area (Å²) < 4.78 is 12.0. The molecule has 1 aliphatic carbocycles. The van der Waals surface area contributed by atoms with Crippen molar-refractivity contribution in [1.82, 2.24) is 10.2 Å². The average Bonchev–Trinajstić information content (AvgIpc) is 3.54. The Morgan fingerprint density at radius 1 is 1.15 bits per heavy atom. The number of benzene rings is 1. The molecule has 5 rings (SSSR count). The number of carbonyl (C=O) groups is 3. The first-order valence-electron chi connectivity index (χ1n) is 14.6. The number of likely N-dealkylation sites (tertiary alicyclic amines) is 1. The Balaban J connectivity index is 1.41. The van der Waals surface area contributed by atoms with Gasteiger partial charge in [0.25, 0.3) is 0 Å². The molecule has 2 N–H and O–H groups in total.